The van der Waals surface area contributed by atoms with Crippen molar-refractivity contribution >= 4 is 5.91 Å². The lowest BCUT2D eigenvalue weighted by Gasteiger charge is -2.10. The van der Waals surface area contributed by atoms with Crippen LogP contribution in [0.1, 0.15) is 24.5 Å². The molecule has 0 fully saturated rings. The van der Waals surface area contributed by atoms with E-state index in [0.29, 0.717) is 19.5 Å². The monoisotopic (exact) mass is 250 g/mol. The molecule has 0 unspecified atom stereocenters. The van der Waals surface area contributed by atoms with E-state index in [-0.39, 0.29) is 5.91 Å². The first-order chi connectivity index (χ1) is 8.71. The minimum absolute atomic E-state index is 0.0678. The molecule has 1 amide bonds. The third-order valence-corrected chi connectivity index (χ3v) is 2.82. The molecule has 1 rings (SSSR count). The second kappa shape index (κ2) is 7.71. The largest absolute Gasteiger partial charge is 0.496 e. The lowest BCUT2D eigenvalue weighted by molar-refractivity contribution is -0.121. The second-order valence-electron chi connectivity index (χ2n) is 4.13. The van der Waals surface area contributed by atoms with Gasteiger partial charge >= 0.3 is 0 Å². The Morgan fingerprint density at radius 2 is 2.17 bits per heavy atom. The molecule has 0 spiro atoms. The van der Waals surface area contributed by atoms with Gasteiger partial charge in [0.25, 0.3) is 0 Å². The van der Waals surface area contributed by atoms with Crippen molar-refractivity contribution in [3.63, 3.8) is 0 Å². The lowest BCUT2D eigenvalue weighted by atomic mass is 10.1. The molecule has 0 saturated heterocycles. The van der Waals surface area contributed by atoms with Gasteiger partial charge in [0, 0.05) is 19.5 Å². The molecule has 4 nitrogen and oxygen atoms in total. The van der Waals surface area contributed by atoms with Crippen LogP contribution in [0.4, 0.5) is 0 Å². The number of benzene rings is 1. The maximum atomic E-state index is 11.5. The number of ether oxygens (including phenoxy) is 1. The van der Waals surface area contributed by atoms with Gasteiger partial charge in [-0.05, 0) is 30.7 Å². The van der Waals surface area contributed by atoms with Crippen LogP contribution in [0.5, 0.6) is 5.75 Å². The van der Waals surface area contributed by atoms with Crippen LogP contribution in [0.15, 0.2) is 18.2 Å². The predicted octanol–water partition coefficient (Wildman–Crippen LogP) is 1.48. The van der Waals surface area contributed by atoms with E-state index in [1.807, 2.05) is 19.2 Å². The SMILES string of the molecule is CCc1cc(CNC(=O)CCNC)ccc1OC. The van der Waals surface area contributed by atoms with Gasteiger partial charge in [0.1, 0.15) is 5.75 Å². The number of hydrogen-bond acceptors (Lipinski definition) is 3. The standard InChI is InChI=1S/C14H22N2O2/c1-4-12-9-11(5-6-13(12)18-3)10-16-14(17)7-8-15-2/h5-6,9,15H,4,7-8,10H2,1-3H3,(H,16,17). The van der Waals surface area contributed by atoms with Crippen molar-refractivity contribution in [2.45, 2.75) is 26.3 Å². The van der Waals surface area contributed by atoms with Gasteiger partial charge < -0.3 is 15.4 Å². The fourth-order valence-electron chi connectivity index (χ4n) is 1.75. The highest BCUT2D eigenvalue weighted by atomic mass is 16.5. The molecule has 0 heterocycles. The minimum atomic E-state index is 0.0678. The van der Waals surface area contributed by atoms with Crippen LogP contribution in [0, 0.1) is 0 Å². The molecule has 2 N–H and O–H groups in total. The maximum absolute atomic E-state index is 11.5. The van der Waals surface area contributed by atoms with Crippen molar-refractivity contribution in [3.05, 3.63) is 29.3 Å². The maximum Gasteiger partial charge on any atom is 0.221 e. The topological polar surface area (TPSA) is 50.4 Å². The summed E-state index contributed by atoms with van der Waals surface area (Å²) in [4.78, 5) is 11.5. The molecule has 0 bridgehead atoms. The molecule has 18 heavy (non-hydrogen) atoms. The molecule has 0 saturated carbocycles. The average molecular weight is 250 g/mol. The quantitative estimate of drug-likeness (QED) is 0.770. The Morgan fingerprint density at radius 3 is 2.78 bits per heavy atom. The van der Waals surface area contributed by atoms with Crippen molar-refractivity contribution in [2.24, 2.45) is 0 Å². The molecule has 4 heteroatoms. The van der Waals surface area contributed by atoms with Crippen molar-refractivity contribution in [2.75, 3.05) is 20.7 Å². The highest BCUT2D eigenvalue weighted by Crippen LogP contribution is 2.20. The van der Waals surface area contributed by atoms with Crippen molar-refractivity contribution in [3.8, 4) is 5.75 Å². The third-order valence-electron chi connectivity index (χ3n) is 2.82. The Kier molecular flexibility index (Phi) is 6.22. The van der Waals surface area contributed by atoms with Crippen LogP contribution < -0.4 is 15.4 Å². The number of carbonyl (C=O) groups excluding carboxylic acids is 1. The van der Waals surface area contributed by atoms with E-state index in [4.69, 9.17) is 4.74 Å². The van der Waals surface area contributed by atoms with Gasteiger partial charge in [-0.1, -0.05) is 19.1 Å². The van der Waals surface area contributed by atoms with E-state index in [2.05, 4.69) is 23.6 Å². The zero-order chi connectivity index (χ0) is 13.4. The fourth-order valence-corrected chi connectivity index (χ4v) is 1.75. The Bertz CT molecular complexity index is 391. The van der Waals surface area contributed by atoms with Gasteiger partial charge in [0.05, 0.1) is 7.11 Å². The smallest absolute Gasteiger partial charge is 0.221 e. The molecular formula is C14H22N2O2. The Balaban J connectivity index is 2.55. The summed E-state index contributed by atoms with van der Waals surface area (Å²) in [7, 11) is 3.51. The highest BCUT2D eigenvalue weighted by molar-refractivity contribution is 5.76. The minimum Gasteiger partial charge on any atom is -0.496 e. The van der Waals surface area contributed by atoms with Crippen LogP contribution in [0.25, 0.3) is 0 Å². The molecule has 0 aliphatic carbocycles. The van der Waals surface area contributed by atoms with Crippen LogP contribution in [-0.2, 0) is 17.8 Å². The molecule has 0 aromatic heterocycles. The summed E-state index contributed by atoms with van der Waals surface area (Å²) in [6.07, 6.45) is 1.43. The number of amides is 1. The van der Waals surface area contributed by atoms with Gasteiger partial charge in [-0.15, -0.1) is 0 Å². The van der Waals surface area contributed by atoms with E-state index >= 15 is 0 Å². The number of hydrogen-bond donors (Lipinski definition) is 2. The molecule has 1 aromatic rings. The molecule has 0 radical (unpaired) electrons. The molecule has 100 valence electrons. The van der Waals surface area contributed by atoms with E-state index < -0.39 is 0 Å². The summed E-state index contributed by atoms with van der Waals surface area (Å²) < 4.78 is 5.27. The zero-order valence-corrected chi connectivity index (χ0v) is 11.4. The van der Waals surface area contributed by atoms with Gasteiger partial charge in [0.2, 0.25) is 5.91 Å². The number of rotatable bonds is 7. The Hall–Kier alpha value is -1.55. The number of carbonyl (C=O) groups is 1. The predicted molar refractivity (Wildman–Crippen MR) is 72.8 cm³/mol. The zero-order valence-electron chi connectivity index (χ0n) is 11.4. The highest BCUT2D eigenvalue weighted by Gasteiger charge is 2.04. The van der Waals surface area contributed by atoms with Crippen LogP contribution in [0.3, 0.4) is 0 Å². The average Bonchev–Trinajstić information content (AvgIpc) is 2.42. The van der Waals surface area contributed by atoms with Gasteiger partial charge in [-0.25, -0.2) is 0 Å². The van der Waals surface area contributed by atoms with E-state index in [0.717, 1.165) is 17.7 Å². The first-order valence-corrected chi connectivity index (χ1v) is 6.28. The summed E-state index contributed by atoms with van der Waals surface area (Å²) in [6, 6.07) is 6.02. The summed E-state index contributed by atoms with van der Waals surface area (Å²) in [5.41, 5.74) is 2.27. The molecule has 0 atom stereocenters. The summed E-state index contributed by atoms with van der Waals surface area (Å²) in [6.45, 7) is 3.36. The summed E-state index contributed by atoms with van der Waals surface area (Å²) in [5, 5.41) is 5.86. The van der Waals surface area contributed by atoms with Crippen LogP contribution in [0.2, 0.25) is 0 Å². The fraction of sp³-hybridized carbons (Fsp3) is 0.500. The van der Waals surface area contributed by atoms with Crippen LogP contribution in [-0.4, -0.2) is 26.6 Å². The Labute approximate surface area is 109 Å². The number of aryl methyl sites for hydroxylation is 1. The normalized spacial score (nSPS) is 10.2. The van der Waals surface area contributed by atoms with Gasteiger partial charge in [-0.3, -0.25) is 4.79 Å². The van der Waals surface area contributed by atoms with Crippen LogP contribution >= 0.6 is 0 Å². The molecule has 0 aliphatic heterocycles. The lowest BCUT2D eigenvalue weighted by Crippen LogP contribution is -2.26. The van der Waals surface area contributed by atoms with E-state index in [1.165, 1.54) is 5.56 Å². The molecular weight excluding hydrogens is 228 g/mol. The Morgan fingerprint density at radius 1 is 1.39 bits per heavy atom. The first-order valence-electron chi connectivity index (χ1n) is 6.28. The second-order valence-corrected chi connectivity index (χ2v) is 4.13. The summed E-state index contributed by atoms with van der Waals surface area (Å²) >= 11 is 0. The molecule has 1 aromatic carbocycles. The number of nitrogens with one attached hydrogen (secondary N) is 2. The van der Waals surface area contributed by atoms with Crippen molar-refractivity contribution in [1.29, 1.82) is 0 Å². The van der Waals surface area contributed by atoms with Crippen molar-refractivity contribution < 1.29 is 9.53 Å². The molecule has 0 aliphatic rings. The van der Waals surface area contributed by atoms with Gasteiger partial charge in [0.15, 0.2) is 0 Å². The van der Waals surface area contributed by atoms with E-state index in [1.54, 1.807) is 7.11 Å². The third kappa shape index (κ3) is 4.37. The van der Waals surface area contributed by atoms with Gasteiger partial charge in [-0.2, -0.15) is 0 Å². The first kappa shape index (κ1) is 14.5. The summed E-state index contributed by atoms with van der Waals surface area (Å²) in [5.74, 6) is 0.973. The van der Waals surface area contributed by atoms with E-state index in [9.17, 15) is 4.79 Å². The number of methoxy groups -OCH3 is 1. The van der Waals surface area contributed by atoms with Crippen molar-refractivity contribution in [1.82, 2.24) is 10.6 Å².